The van der Waals surface area contributed by atoms with Gasteiger partial charge in [0.15, 0.2) is 0 Å². The minimum absolute atomic E-state index is 0.604. The van der Waals surface area contributed by atoms with Gasteiger partial charge in [-0.15, -0.1) is 0 Å². The summed E-state index contributed by atoms with van der Waals surface area (Å²) in [5, 5.41) is 0. The summed E-state index contributed by atoms with van der Waals surface area (Å²) in [6, 6.07) is 0. The molecule has 0 aliphatic carbocycles. The second kappa shape index (κ2) is 5.52. The summed E-state index contributed by atoms with van der Waals surface area (Å²) in [7, 11) is 0. The van der Waals surface area contributed by atoms with E-state index in [0.29, 0.717) is 5.92 Å². The summed E-state index contributed by atoms with van der Waals surface area (Å²) in [5.41, 5.74) is 0. The van der Waals surface area contributed by atoms with Crippen LogP contribution in [0.3, 0.4) is 0 Å². The van der Waals surface area contributed by atoms with E-state index in [1.165, 1.54) is 12.8 Å². The van der Waals surface area contributed by atoms with Crippen LogP contribution in [-0.4, -0.2) is 0 Å². The summed E-state index contributed by atoms with van der Waals surface area (Å²) >= 11 is 0. The molecule has 0 nitrogen and oxygen atoms in total. The molecule has 1 radical (unpaired) electrons. The molecule has 0 saturated carbocycles. The number of hydrogen-bond acceptors (Lipinski definition) is 0. The maximum atomic E-state index is 3.95. The van der Waals surface area contributed by atoms with E-state index in [-0.39, 0.29) is 0 Å². The molecule has 0 aliphatic heterocycles. The van der Waals surface area contributed by atoms with Crippen molar-refractivity contribution in [3.05, 3.63) is 19.1 Å². The predicted molar refractivity (Wildman–Crippen MR) is 47.7 cm³/mol. The molecule has 10 heavy (non-hydrogen) atoms. The highest BCUT2D eigenvalue weighted by atomic mass is 14.0. The van der Waals surface area contributed by atoms with Crippen molar-refractivity contribution >= 4 is 0 Å². The molecule has 0 N–H and O–H groups in total. The molecular weight excluding hydrogens is 120 g/mol. The van der Waals surface area contributed by atoms with E-state index in [1.54, 1.807) is 0 Å². The van der Waals surface area contributed by atoms with Crippen molar-refractivity contribution in [1.82, 2.24) is 0 Å². The minimum Gasteiger partial charge on any atom is -0.0914 e. The third-order valence-corrected chi connectivity index (χ3v) is 1.64. The zero-order chi connectivity index (χ0) is 7.98. The van der Waals surface area contributed by atoms with Crippen LogP contribution >= 0.6 is 0 Å². The van der Waals surface area contributed by atoms with Crippen LogP contribution < -0.4 is 0 Å². The van der Waals surface area contributed by atoms with Crippen molar-refractivity contribution in [2.75, 3.05) is 0 Å². The summed E-state index contributed by atoms with van der Waals surface area (Å²) < 4.78 is 0. The van der Waals surface area contributed by atoms with Crippen molar-refractivity contribution in [3.63, 3.8) is 0 Å². The van der Waals surface area contributed by atoms with Crippen LogP contribution in [-0.2, 0) is 0 Å². The molecule has 0 saturated heterocycles. The average molecular weight is 139 g/mol. The van der Waals surface area contributed by atoms with E-state index >= 15 is 0 Å². The minimum atomic E-state index is 0.604. The lowest BCUT2D eigenvalue weighted by atomic mass is 9.99. The quantitative estimate of drug-likeness (QED) is 0.523. The van der Waals surface area contributed by atoms with E-state index in [4.69, 9.17) is 0 Å². The van der Waals surface area contributed by atoms with Crippen LogP contribution in [0.4, 0.5) is 0 Å². The largest absolute Gasteiger partial charge is 0.0914 e. The Bertz CT molecular complexity index is 90.2. The van der Waals surface area contributed by atoms with Crippen LogP contribution in [0.25, 0.3) is 0 Å². The second-order valence-electron chi connectivity index (χ2n) is 3.19. The van der Waals surface area contributed by atoms with Crippen molar-refractivity contribution in [2.45, 2.75) is 33.6 Å². The highest BCUT2D eigenvalue weighted by molar-refractivity contribution is 4.82. The molecule has 0 aromatic rings. The molecular formula is C10H19. The van der Waals surface area contributed by atoms with E-state index in [2.05, 4.69) is 39.8 Å². The van der Waals surface area contributed by atoms with Crippen LogP contribution in [0.1, 0.15) is 33.6 Å². The van der Waals surface area contributed by atoms with Gasteiger partial charge in [0.1, 0.15) is 0 Å². The number of hydrogen-bond donors (Lipinski definition) is 0. The first-order chi connectivity index (χ1) is 4.66. The highest BCUT2D eigenvalue weighted by Gasteiger charge is 1.98. The second-order valence-corrected chi connectivity index (χ2v) is 3.19. The maximum Gasteiger partial charge on any atom is -0.0262 e. The van der Waals surface area contributed by atoms with Gasteiger partial charge in [-0.3, -0.25) is 0 Å². The molecule has 0 bridgehead atoms. The first-order valence-electron chi connectivity index (χ1n) is 4.12. The topological polar surface area (TPSA) is 0 Å². The van der Waals surface area contributed by atoms with Crippen LogP contribution in [0, 0.1) is 18.8 Å². The Morgan fingerprint density at radius 1 is 1.30 bits per heavy atom. The molecule has 0 rings (SSSR count). The third kappa shape index (κ3) is 5.87. The molecule has 0 fully saturated rings. The zero-order valence-electron chi connectivity index (χ0n) is 7.43. The Morgan fingerprint density at radius 2 is 1.90 bits per heavy atom. The lowest BCUT2D eigenvalue weighted by Crippen LogP contribution is -1.94. The van der Waals surface area contributed by atoms with E-state index in [9.17, 15) is 0 Å². The molecule has 0 heteroatoms. The Hall–Kier alpha value is -0.260. The van der Waals surface area contributed by atoms with Gasteiger partial charge in [-0.2, -0.15) is 0 Å². The third-order valence-electron chi connectivity index (χ3n) is 1.64. The molecule has 2 unspecified atom stereocenters. The first-order valence-corrected chi connectivity index (χ1v) is 4.12. The highest BCUT2D eigenvalue weighted by Crippen LogP contribution is 2.11. The molecule has 0 amide bonds. The van der Waals surface area contributed by atoms with Gasteiger partial charge in [0.2, 0.25) is 0 Å². The molecule has 0 aliphatic rings. The van der Waals surface area contributed by atoms with Crippen LogP contribution in [0.2, 0.25) is 0 Å². The Kier molecular flexibility index (Phi) is 5.38. The lowest BCUT2D eigenvalue weighted by molar-refractivity contribution is 0.533. The predicted octanol–water partition coefficient (Wildman–Crippen LogP) is 3.45. The first kappa shape index (κ1) is 9.74. The van der Waals surface area contributed by atoms with Gasteiger partial charge in [-0.05, 0) is 25.2 Å². The van der Waals surface area contributed by atoms with E-state index in [1.807, 2.05) is 0 Å². The van der Waals surface area contributed by atoms with Gasteiger partial charge in [0.05, 0.1) is 0 Å². The molecule has 0 aromatic heterocycles. The van der Waals surface area contributed by atoms with Gasteiger partial charge in [-0.1, -0.05) is 39.3 Å². The zero-order valence-corrected chi connectivity index (χ0v) is 7.43. The van der Waals surface area contributed by atoms with Gasteiger partial charge in [-0.25, -0.2) is 0 Å². The van der Waals surface area contributed by atoms with Gasteiger partial charge < -0.3 is 0 Å². The fourth-order valence-corrected chi connectivity index (χ4v) is 0.972. The van der Waals surface area contributed by atoms with Crippen LogP contribution in [0.5, 0.6) is 0 Å². The summed E-state index contributed by atoms with van der Waals surface area (Å²) in [6.45, 7) is 10.4. The molecule has 0 spiro atoms. The van der Waals surface area contributed by atoms with Crippen molar-refractivity contribution in [2.24, 2.45) is 11.8 Å². The SMILES string of the molecule is [CH2]C(C)CCC(C)/C=C/C. The smallest absolute Gasteiger partial charge is 0.0262 e. The summed E-state index contributed by atoms with van der Waals surface area (Å²) in [4.78, 5) is 0. The fourth-order valence-electron chi connectivity index (χ4n) is 0.972. The van der Waals surface area contributed by atoms with Crippen molar-refractivity contribution in [3.8, 4) is 0 Å². The van der Waals surface area contributed by atoms with Crippen molar-refractivity contribution in [1.29, 1.82) is 0 Å². The van der Waals surface area contributed by atoms with E-state index in [0.717, 1.165) is 5.92 Å². The normalized spacial score (nSPS) is 14.9. The molecule has 0 heterocycles. The maximum absolute atomic E-state index is 3.95. The average Bonchev–Trinajstić information content (AvgIpc) is 1.85. The van der Waals surface area contributed by atoms with Gasteiger partial charge in [0, 0.05) is 0 Å². The van der Waals surface area contributed by atoms with Crippen LogP contribution in [0.15, 0.2) is 12.2 Å². The standard InChI is InChI=1S/C10H19/c1-5-6-10(4)8-7-9(2)3/h5-6,9-10H,2,7-8H2,1,3-4H3/b6-5+. The summed E-state index contributed by atoms with van der Waals surface area (Å²) in [5.74, 6) is 1.34. The van der Waals surface area contributed by atoms with E-state index < -0.39 is 0 Å². The van der Waals surface area contributed by atoms with Crippen molar-refractivity contribution < 1.29 is 0 Å². The Balaban J connectivity index is 3.30. The van der Waals surface area contributed by atoms with Gasteiger partial charge >= 0.3 is 0 Å². The molecule has 2 atom stereocenters. The summed E-state index contributed by atoms with van der Waals surface area (Å²) in [6.07, 6.45) is 6.89. The number of allylic oxidation sites excluding steroid dienone is 2. The van der Waals surface area contributed by atoms with Gasteiger partial charge in [0.25, 0.3) is 0 Å². The Labute approximate surface area is 65.3 Å². The molecule has 59 valence electrons. The monoisotopic (exact) mass is 139 g/mol. The molecule has 0 aromatic carbocycles. The fraction of sp³-hybridized carbons (Fsp3) is 0.700. The Morgan fingerprint density at radius 3 is 2.30 bits per heavy atom. The lowest BCUT2D eigenvalue weighted by Gasteiger charge is -2.07. The number of rotatable bonds is 4.